The van der Waals surface area contributed by atoms with Crippen LogP contribution in [-0.4, -0.2) is 27.7 Å². The van der Waals surface area contributed by atoms with Crippen molar-refractivity contribution in [3.05, 3.63) is 18.2 Å². The minimum atomic E-state index is 0.440. The van der Waals surface area contributed by atoms with Gasteiger partial charge in [0.2, 0.25) is 5.95 Å². The second-order valence-corrected chi connectivity index (χ2v) is 6.60. The quantitative estimate of drug-likeness (QED) is 0.932. The number of rotatable bonds is 4. The van der Waals surface area contributed by atoms with Crippen LogP contribution in [0.4, 0.5) is 5.95 Å². The van der Waals surface area contributed by atoms with Crippen LogP contribution in [0.15, 0.2) is 18.2 Å². The van der Waals surface area contributed by atoms with E-state index in [1.807, 2.05) is 30.8 Å². The van der Waals surface area contributed by atoms with Gasteiger partial charge in [-0.05, 0) is 38.2 Å². The number of benzene rings is 1. The van der Waals surface area contributed by atoms with Crippen LogP contribution in [0.2, 0.25) is 0 Å². The molecule has 3 rings (SSSR count). The summed E-state index contributed by atoms with van der Waals surface area (Å²) in [6.45, 7) is 2.63. The number of thioether (sulfide) groups is 1. The summed E-state index contributed by atoms with van der Waals surface area (Å²) in [4.78, 5) is 4.58. The summed E-state index contributed by atoms with van der Waals surface area (Å²) in [6.07, 6.45) is 7.23. The van der Waals surface area contributed by atoms with Crippen LogP contribution in [0.1, 0.15) is 38.6 Å². The number of imidazole rings is 1. The second kappa shape index (κ2) is 6.18. The van der Waals surface area contributed by atoms with Gasteiger partial charge in [-0.3, -0.25) is 0 Å². The Hall–Kier alpha value is -1.36. The van der Waals surface area contributed by atoms with Crippen LogP contribution in [0, 0.1) is 0 Å². The second-order valence-electron chi connectivity index (χ2n) is 5.52. The first-order valence-electron chi connectivity index (χ1n) is 7.68. The minimum Gasteiger partial charge on any atom is -0.492 e. The zero-order valence-corrected chi connectivity index (χ0v) is 13.5. The van der Waals surface area contributed by atoms with Crippen LogP contribution < -0.4 is 10.5 Å². The van der Waals surface area contributed by atoms with Crippen molar-refractivity contribution in [3.63, 3.8) is 0 Å². The van der Waals surface area contributed by atoms with E-state index >= 15 is 0 Å². The van der Waals surface area contributed by atoms with E-state index < -0.39 is 0 Å². The molecule has 0 bridgehead atoms. The van der Waals surface area contributed by atoms with Crippen molar-refractivity contribution in [1.29, 1.82) is 0 Å². The molecule has 21 heavy (non-hydrogen) atoms. The van der Waals surface area contributed by atoms with Gasteiger partial charge in [0.25, 0.3) is 0 Å². The number of ether oxygens (including phenoxy) is 1. The molecule has 1 aliphatic rings. The molecule has 5 heteroatoms. The summed E-state index contributed by atoms with van der Waals surface area (Å²) >= 11 is 1.95. The molecule has 0 aliphatic heterocycles. The average Bonchev–Trinajstić information content (AvgIpc) is 2.84. The number of aromatic nitrogens is 2. The van der Waals surface area contributed by atoms with Gasteiger partial charge in [0.05, 0.1) is 12.1 Å². The van der Waals surface area contributed by atoms with Gasteiger partial charge in [-0.15, -0.1) is 0 Å². The van der Waals surface area contributed by atoms with Crippen LogP contribution in [0.5, 0.6) is 5.75 Å². The van der Waals surface area contributed by atoms with Crippen LogP contribution >= 0.6 is 11.8 Å². The number of nitrogen functional groups attached to an aromatic ring is 1. The number of anilines is 1. The van der Waals surface area contributed by atoms with E-state index in [0.29, 0.717) is 23.8 Å². The van der Waals surface area contributed by atoms with Crippen molar-refractivity contribution in [3.8, 4) is 5.75 Å². The Labute approximate surface area is 130 Å². The summed E-state index contributed by atoms with van der Waals surface area (Å²) in [5.74, 6) is 1.44. The monoisotopic (exact) mass is 305 g/mol. The summed E-state index contributed by atoms with van der Waals surface area (Å²) in [7, 11) is 0. The molecule has 1 aliphatic carbocycles. The molecular weight excluding hydrogens is 282 g/mol. The Bertz CT molecular complexity index is 625. The summed E-state index contributed by atoms with van der Waals surface area (Å²) < 4.78 is 7.93. The Balaban J connectivity index is 2.09. The summed E-state index contributed by atoms with van der Waals surface area (Å²) in [5, 5.41) is 0.620. The highest BCUT2D eigenvalue weighted by molar-refractivity contribution is 7.99. The SMILES string of the molecule is CCOc1cccc2c1nc(N)n2C1CCCCC1SC. The van der Waals surface area contributed by atoms with Crippen molar-refractivity contribution in [2.75, 3.05) is 18.6 Å². The molecule has 2 N–H and O–H groups in total. The fourth-order valence-electron chi connectivity index (χ4n) is 3.38. The van der Waals surface area contributed by atoms with E-state index in [4.69, 9.17) is 10.5 Å². The third-order valence-corrected chi connectivity index (χ3v) is 5.47. The number of nitrogens with two attached hydrogens (primary N) is 1. The van der Waals surface area contributed by atoms with Gasteiger partial charge < -0.3 is 15.0 Å². The highest BCUT2D eigenvalue weighted by Crippen LogP contribution is 2.40. The molecule has 0 amide bonds. The molecule has 2 aromatic rings. The third-order valence-electron chi connectivity index (χ3n) is 4.31. The Morgan fingerprint density at radius 2 is 2.19 bits per heavy atom. The van der Waals surface area contributed by atoms with E-state index in [-0.39, 0.29) is 0 Å². The minimum absolute atomic E-state index is 0.440. The lowest BCUT2D eigenvalue weighted by atomic mass is 9.94. The molecule has 1 aromatic carbocycles. The fourth-order valence-corrected chi connectivity index (χ4v) is 4.35. The van der Waals surface area contributed by atoms with Crippen LogP contribution in [0.3, 0.4) is 0 Å². The maximum atomic E-state index is 6.25. The smallest absolute Gasteiger partial charge is 0.201 e. The predicted octanol–water partition coefficient (Wildman–Crippen LogP) is 3.86. The topological polar surface area (TPSA) is 53.1 Å². The van der Waals surface area contributed by atoms with E-state index in [2.05, 4.69) is 21.9 Å². The van der Waals surface area contributed by atoms with Gasteiger partial charge in [-0.2, -0.15) is 11.8 Å². The molecule has 1 aromatic heterocycles. The number of hydrogen-bond acceptors (Lipinski definition) is 4. The summed E-state index contributed by atoms with van der Waals surface area (Å²) in [6, 6.07) is 6.54. The molecule has 1 fully saturated rings. The molecule has 0 radical (unpaired) electrons. The first-order chi connectivity index (χ1) is 10.3. The normalized spacial score (nSPS) is 22.6. The van der Waals surface area contributed by atoms with Crippen molar-refractivity contribution in [1.82, 2.24) is 9.55 Å². The van der Waals surface area contributed by atoms with E-state index in [0.717, 1.165) is 16.8 Å². The van der Waals surface area contributed by atoms with Crippen molar-refractivity contribution < 1.29 is 4.74 Å². The maximum Gasteiger partial charge on any atom is 0.201 e. The summed E-state index contributed by atoms with van der Waals surface area (Å²) in [5.41, 5.74) is 8.25. The highest BCUT2D eigenvalue weighted by Gasteiger charge is 2.29. The lowest BCUT2D eigenvalue weighted by molar-refractivity contribution is 0.343. The predicted molar refractivity (Wildman–Crippen MR) is 90.1 cm³/mol. The zero-order chi connectivity index (χ0) is 14.8. The lowest BCUT2D eigenvalue weighted by Gasteiger charge is -2.32. The van der Waals surface area contributed by atoms with Gasteiger partial charge >= 0.3 is 0 Å². The molecular formula is C16H23N3OS. The largest absolute Gasteiger partial charge is 0.492 e. The molecule has 2 unspecified atom stereocenters. The van der Waals surface area contributed by atoms with E-state index in [1.54, 1.807) is 0 Å². The van der Waals surface area contributed by atoms with Crippen molar-refractivity contribution in [2.24, 2.45) is 0 Å². The van der Waals surface area contributed by atoms with Gasteiger partial charge in [-0.1, -0.05) is 18.9 Å². The zero-order valence-electron chi connectivity index (χ0n) is 12.7. The molecule has 0 saturated heterocycles. The Morgan fingerprint density at radius 3 is 2.95 bits per heavy atom. The third kappa shape index (κ3) is 2.59. The molecule has 1 saturated carbocycles. The lowest BCUT2D eigenvalue weighted by Crippen LogP contribution is -2.26. The van der Waals surface area contributed by atoms with Gasteiger partial charge in [0, 0.05) is 11.3 Å². The maximum absolute atomic E-state index is 6.25. The first kappa shape index (κ1) is 14.6. The number of nitrogens with zero attached hydrogens (tertiary/aromatic N) is 2. The molecule has 114 valence electrons. The number of hydrogen-bond donors (Lipinski definition) is 1. The molecule has 4 nitrogen and oxygen atoms in total. The Morgan fingerprint density at radius 1 is 1.38 bits per heavy atom. The van der Waals surface area contributed by atoms with Crippen molar-refractivity contribution in [2.45, 2.75) is 43.9 Å². The first-order valence-corrected chi connectivity index (χ1v) is 8.97. The van der Waals surface area contributed by atoms with E-state index in [9.17, 15) is 0 Å². The number of fused-ring (bicyclic) bond motifs is 1. The Kier molecular flexibility index (Phi) is 4.29. The number of para-hydroxylation sites is 1. The van der Waals surface area contributed by atoms with Crippen LogP contribution in [0.25, 0.3) is 11.0 Å². The van der Waals surface area contributed by atoms with E-state index in [1.165, 1.54) is 25.7 Å². The molecule has 2 atom stereocenters. The van der Waals surface area contributed by atoms with Crippen molar-refractivity contribution >= 4 is 28.7 Å². The molecule has 0 spiro atoms. The average molecular weight is 305 g/mol. The highest BCUT2D eigenvalue weighted by atomic mass is 32.2. The van der Waals surface area contributed by atoms with Crippen LogP contribution in [-0.2, 0) is 0 Å². The van der Waals surface area contributed by atoms with Gasteiger partial charge in [0.1, 0.15) is 11.3 Å². The molecule has 1 heterocycles. The standard InChI is InChI=1S/C16H23N3OS/c1-3-20-13-9-6-8-12-15(13)18-16(17)19(12)11-7-4-5-10-14(11)21-2/h6,8-9,11,14H,3-5,7,10H2,1-2H3,(H2,17,18). The fraction of sp³-hybridized carbons (Fsp3) is 0.562. The van der Waals surface area contributed by atoms with Gasteiger partial charge in [0.15, 0.2) is 0 Å². The van der Waals surface area contributed by atoms with Gasteiger partial charge in [-0.25, -0.2) is 4.98 Å².